The second-order valence-electron chi connectivity index (χ2n) is 6.56. The van der Waals surface area contributed by atoms with E-state index in [1.54, 1.807) is 0 Å². The molecule has 2 aliphatic rings. The van der Waals surface area contributed by atoms with Crippen molar-refractivity contribution in [3.8, 4) is 6.07 Å². The van der Waals surface area contributed by atoms with E-state index in [-0.39, 0.29) is 12.1 Å². The summed E-state index contributed by atoms with van der Waals surface area (Å²) in [5.41, 5.74) is 1.90. The van der Waals surface area contributed by atoms with Crippen LogP contribution in [0, 0.1) is 11.3 Å². The van der Waals surface area contributed by atoms with Crippen molar-refractivity contribution < 1.29 is 5.11 Å². The summed E-state index contributed by atoms with van der Waals surface area (Å²) in [5, 5.41) is 19.5. The van der Waals surface area contributed by atoms with Crippen LogP contribution in [-0.2, 0) is 13.1 Å². The third kappa shape index (κ3) is 3.19. The summed E-state index contributed by atoms with van der Waals surface area (Å²) >= 11 is 0. The lowest BCUT2D eigenvalue weighted by atomic mass is 10.1. The first kappa shape index (κ1) is 15.5. The van der Waals surface area contributed by atoms with Gasteiger partial charge >= 0.3 is 0 Å². The number of aryl methyl sites for hydroxylation is 1. The normalized spacial score (nSPS) is 27.1. The number of likely N-dealkylation sites (tertiary alicyclic amines) is 2. The van der Waals surface area contributed by atoms with Crippen molar-refractivity contribution in [1.29, 1.82) is 5.26 Å². The maximum atomic E-state index is 10.4. The van der Waals surface area contributed by atoms with Gasteiger partial charge in [-0.05, 0) is 44.5 Å². The molecule has 2 saturated heterocycles. The third-order valence-corrected chi connectivity index (χ3v) is 5.01. The molecule has 22 heavy (non-hydrogen) atoms. The van der Waals surface area contributed by atoms with Crippen LogP contribution in [0.2, 0.25) is 0 Å². The number of β-amino-alcohol motifs (C(OH)–C–C–N with tert-alkyl or cyclic N) is 1. The Kier molecular flexibility index (Phi) is 4.82. The van der Waals surface area contributed by atoms with Gasteiger partial charge in [0.2, 0.25) is 0 Å². The van der Waals surface area contributed by atoms with Crippen molar-refractivity contribution in [3.63, 3.8) is 0 Å². The highest BCUT2D eigenvalue weighted by Gasteiger charge is 2.35. The first-order chi connectivity index (χ1) is 10.7. The number of aliphatic hydroxyl groups excluding tert-OH is 1. The summed E-state index contributed by atoms with van der Waals surface area (Å²) in [4.78, 5) is 4.78. The van der Waals surface area contributed by atoms with Gasteiger partial charge in [-0.3, -0.25) is 9.80 Å². The zero-order chi connectivity index (χ0) is 15.5. The minimum absolute atomic E-state index is 0.248. The third-order valence-electron chi connectivity index (χ3n) is 5.01. The number of aromatic nitrogens is 1. The highest BCUT2D eigenvalue weighted by molar-refractivity contribution is 5.28. The van der Waals surface area contributed by atoms with Crippen molar-refractivity contribution in [2.24, 2.45) is 0 Å². The second-order valence-corrected chi connectivity index (χ2v) is 6.56. The first-order valence-electron chi connectivity index (χ1n) is 8.45. The Morgan fingerprint density at radius 3 is 2.68 bits per heavy atom. The molecule has 0 saturated carbocycles. The Labute approximate surface area is 132 Å². The second kappa shape index (κ2) is 6.82. The van der Waals surface area contributed by atoms with Crippen LogP contribution >= 0.6 is 0 Å². The van der Waals surface area contributed by atoms with Crippen molar-refractivity contribution in [1.82, 2.24) is 14.4 Å². The Morgan fingerprint density at radius 2 is 2.05 bits per heavy atom. The fourth-order valence-electron chi connectivity index (χ4n) is 3.85. The molecule has 1 N–H and O–H groups in total. The lowest BCUT2D eigenvalue weighted by Gasteiger charge is -2.33. The van der Waals surface area contributed by atoms with Gasteiger partial charge in [0.25, 0.3) is 0 Å². The predicted octanol–water partition coefficient (Wildman–Crippen LogP) is 1.41. The predicted molar refractivity (Wildman–Crippen MR) is 85.3 cm³/mol. The van der Waals surface area contributed by atoms with Gasteiger partial charge in [-0.1, -0.05) is 6.42 Å². The van der Waals surface area contributed by atoms with Crippen LogP contribution in [0.25, 0.3) is 0 Å². The van der Waals surface area contributed by atoms with E-state index in [2.05, 4.69) is 29.0 Å². The topological polar surface area (TPSA) is 55.4 Å². The Balaban J connectivity index is 1.62. The first-order valence-corrected chi connectivity index (χ1v) is 8.45. The molecular weight excluding hydrogens is 276 g/mol. The number of piperidine rings is 1. The minimum Gasteiger partial charge on any atom is -0.390 e. The Bertz CT molecular complexity index is 541. The standard InChI is InChI=1S/C17H26N4O/c1-2-20-11-14(8-15(20)9-18)10-19-12-16(17(22)13-19)21-6-4-3-5-7-21/h8,11,16-17,22H,2-7,10,12-13H2,1H3/t16-,17-/m0/s1. The fourth-order valence-corrected chi connectivity index (χ4v) is 3.85. The average Bonchev–Trinajstić information content (AvgIpc) is 3.11. The van der Waals surface area contributed by atoms with Crippen LogP contribution in [0.15, 0.2) is 12.3 Å². The van der Waals surface area contributed by atoms with E-state index in [0.717, 1.165) is 45.0 Å². The molecule has 3 rings (SSSR count). The molecule has 2 fully saturated rings. The molecule has 0 radical (unpaired) electrons. The van der Waals surface area contributed by atoms with E-state index in [4.69, 9.17) is 5.26 Å². The molecule has 0 amide bonds. The van der Waals surface area contributed by atoms with Gasteiger partial charge in [0, 0.05) is 38.4 Å². The molecular formula is C17H26N4O. The molecule has 5 heteroatoms. The number of hydrogen-bond acceptors (Lipinski definition) is 4. The highest BCUT2D eigenvalue weighted by Crippen LogP contribution is 2.22. The smallest absolute Gasteiger partial charge is 0.120 e. The molecule has 2 atom stereocenters. The van der Waals surface area contributed by atoms with E-state index in [9.17, 15) is 5.11 Å². The zero-order valence-corrected chi connectivity index (χ0v) is 13.4. The van der Waals surface area contributed by atoms with Gasteiger partial charge in [0.15, 0.2) is 0 Å². The molecule has 0 aliphatic carbocycles. The Morgan fingerprint density at radius 1 is 1.27 bits per heavy atom. The minimum atomic E-state index is -0.248. The summed E-state index contributed by atoms with van der Waals surface area (Å²) in [7, 11) is 0. The number of nitrogens with zero attached hydrogens (tertiary/aromatic N) is 4. The molecule has 2 aliphatic heterocycles. The van der Waals surface area contributed by atoms with E-state index >= 15 is 0 Å². The largest absolute Gasteiger partial charge is 0.390 e. The highest BCUT2D eigenvalue weighted by atomic mass is 16.3. The molecule has 0 aromatic carbocycles. The number of hydrogen-bond donors (Lipinski definition) is 1. The van der Waals surface area contributed by atoms with Crippen molar-refractivity contribution in [3.05, 3.63) is 23.5 Å². The maximum Gasteiger partial charge on any atom is 0.120 e. The molecule has 120 valence electrons. The summed E-state index contributed by atoms with van der Waals surface area (Å²) in [5.74, 6) is 0. The summed E-state index contributed by atoms with van der Waals surface area (Å²) in [6, 6.07) is 4.51. The van der Waals surface area contributed by atoms with Crippen LogP contribution in [0.5, 0.6) is 0 Å². The summed E-state index contributed by atoms with van der Waals surface area (Å²) in [6.45, 7) is 7.61. The van der Waals surface area contributed by atoms with E-state index in [1.807, 2.05) is 10.6 Å². The van der Waals surface area contributed by atoms with E-state index < -0.39 is 0 Å². The SMILES string of the molecule is CCn1cc(CN2C[C@H](O)[C@@H](N3CCCCC3)C2)cc1C#N. The van der Waals surface area contributed by atoms with Crippen molar-refractivity contribution >= 4 is 0 Å². The van der Waals surface area contributed by atoms with Crippen LogP contribution in [0.3, 0.4) is 0 Å². The van der Waals surface area contributed by atoms with Gasteiger partial charge in [-0.15, -0.1) is 0 Å². The van der Waals surface area contributed by atoms with Crippen LogP contribution in [0.1, 0.15) is 37.4 Å². The van der Waals surface area contributed by atoms with Crippen LogP contribution in [0.4, 0.5) is 0 Å². The fraction of sp³-hybridized carbons (Fsp3) is 0.706. The lowest BCUT2D eigenvalue weighted by molar-refractivity contribution is 0.0706. The van der Waals surface area contributed by atoms with Crippen LogP contribution < -0.4 is 0 Å². The monoisotopic (exact) mass is 302 g/mol. The Hall–Kier alpha value is -1.35. The number of nitriles is 1. The maximum absolute atomic E-state index is 10.4. The molecule has 1 aromatic rings. The summed E-state index contributed by atoms with van der Waals surface area (Å²) in [6.07, 6.45) is 5.66. The number of rotatable bonds is 4. The van der Waals surface area contributed by atoms with E-state index in [0.29, 0.717) is 0 Å². The average molecular weight is 302 g/mol. The zero-order valence-electron chi connectivity index (χ0n) is 13.4. The van der Waals surface area contributed by atoms with E-state index in [1.165, 1.54) is 24.8 Å². The van der Waals surface area contributed by atoms with Crippen LogP contribution in [-0.4, -0.2) is 57.8 Å². The van der Waals surface area contributed by atoms with Gasteiger partial charge in [-0.25, -0.2) is 0 Å². The summed E-state index contributed by atoms with van der Waals surface area (Å²) < 4.78 is 1.99. The quantitative estimate of drug-likeness (QED) is 0.914. The van der Waals surface area contributed by atoms with Gasteiger partial charge in [0.05, 0.1) is 6.10 Å². The van der Waals surface area contributed by atoms with Crippen molar-refractivity contribution in [2.75, 3.05) is 26.2 Å². The van der Waals surface area contributed by atoms with Gasteiger partial charge in [0.1, 0.15) is 11.8 Å². The molecule has 0 spiro atoms. The van der Waals surface area contributed by atoms with Crippen molar-refractivity contribution in [2.45, 2.75) is 51.4 Å². The molecule has 0 unspecified atom stereocenters. The van der Waals surface area contributed by atoms with Gasteiger partial charge < -0.3 is 9.67 Å². The lowest BCUT2D eigenvalue weighted by Crippen LogP contribution is -2.45. The van der Waals surface area contributed by atoms with Gasteiger partial charge in [-0.2, -0.15) is 5.26 Å². The molecule has 0 bridgehead atoms. The molecule has 3 heterocycles. The molecule has 1 aromatic heterocycles. The molecule has 5 nitrogen and oxygen atoms in total. The number of aliphatic hydroxyl groups is 1.